The highest BCUT2D eigenvalue weighted by Crippen LogP contribution is 2.26. The fourth-order valence-corrected chi connectivity index (χ4v) is 2.05. The molecule has 6 nitrogen and oxygen atoms in total. The Morgan fingerprint density at radius 3 is 2.76 bits per heavy atom. The molecule has 0 atom stereocenters. The molecule has 2 aromatic rings. The molecule has 1 aromatic carbocycles. The number of nitrogens with one attached hydrogen (secondary N) is 2. The molecule has 1 heterocycles. The van der Waals surface area contributed by atoms with Crippen LogP contribution in [0.2, 0.25) is 0 Å². The van der Waals surface area contributed by atoms with Gasteiger partial charge in [-0.2, -0.15) is 5.10 Å². The maximum Gasteiger partial charge on any atom is 0.229 e. The number of nitrogens with two attached hydrogens (primary N) is 1. The molecule has 2 rings (SSSR count). The molecule has 0 bridgehead atoms. The van der Waals surface area contributed by atoms with Crippen LogP contribution in [0.25, 0.3) is 11.1 Å². The summed E-state index contributed by atoms with van der Waals surface area (Å²) in [4.78, 5) is 0. The Bertz CT molecular complexity index is 633. The fourth-order valence-electron chi connectivity index (χ4n) is 1.49. The molecule has 4 N–H and O–H groups in total. The van der Waals surface area contributed by atoms with E-state index in [1.807, 2.05) is 6.07 Å². The van der Waals surface area contributed by atoms with E-state index in [1.165, 1.54) is 0 Å². The summed E-state index contributed by atoms with van der Waals surface area (Å²) in [6.07, 6.45) is 2.70. The summed E-state index contributed by atoms with van der Waals surface area (Å²) in [6, 6.07) is 6.94. The molecule has 0 aliphatic carbocycles. The lowest BCUT2D eigenvalue weighted by atomic mass is 10.1. The van der Waals surface area contributed by atoms with Gasteiger partial charge in [-0.1, -0.05) is 12.1 Å². The molecule has 0 aliphatic rings. The smallest absolute Gasteiger partial charge is 0.229 e. The van der Waals surface area contributed by atoms with Gasteiger partial charge in [0.1, 0.15) is 5.82 Å². The average molecular weight is 252 g/mol. The highest BCUT2D eigenvalue weighted by Gasteiger charge is 2.07. The zero-order valence-electron chi connectivity index (χ0n) is 9.14. The van der Waals surface area contributed by atoms with Crippen molar-refractivity contribution >= 4 is 21.5 Å². The molecule has 0 unspecified atom stereocenters. The minimum atomic E-state index is -3.28. The van der Waals surface area contributed by atoms with Gasteiger partial charge in [-0.3, -0.25) is 9.82 Å². The van der Waals surface area contributed by atoms with E-state index in [1.54, 1.807) is 24.4 Å². The van der Waals surface area contributed by atoms with E-state index in [9.17, 15) is 8.42 Å². The van der Waals surface area contributed by atoms with E-state index < -0.39 is 10.0 Å². The molecular weight excluding hydrogens is 240 g/mol. The first kappa shape index (κ1) is 11.5. The van der Waals surface area contributed by atoms with Crippen LogP contribution in [-0.2, 0) is 10.0 Å². The first-order chi connectivity index (χ1) is 7.96. The van der Waals surface area contributed by atoms with Gasteiger partial charge in [-0.25, -0.2) is 8.42 Å². The lowest BCUT2D eigenvalue weighted by Gasteiger charge is -2.05. The number of H-pyrrole nitrogens is 1. The lowest BCUT2D eigenvalue weighted by Crippen LogP contribution is -2.09. The van der Waals surface area contributed by atoms with Gasteiger partial charge in [0, 0.05) is 11.3 Å². The van der Waals surface area contributed by atoms with Crippen molar-refractivity contribution in [3.63, 3.8) is 0 Å². The number of nitrogen functional groups attached to an aromatic ring is 1. The number of anilines is 2. The quantitative estimate of drug-likeness (QED) is 0.759. The van der Waals surface area contributed by atoms with Crippen LogP contribution >= 0.6 is 0 Å². The van der Waals surface area contributed by atoms with Crippen LogP contribution in [0.15, 0.2) is 30.5 Å². The Morgan fingerprint density at radius 1 is 1.41 bits per heavy atom. The van der Waals surface area contributed by atoms with Gasteiger partial charge in [-0.15, -0.1) is 0 Å². The summed E-state index contributed by atoms with van der Waals surface area (Å²) in [5, 5.41) is 6.44. The number of nitrogens with zero attached hydrogens (tertiary/aromatic N) is 1. The van der Waals surface area contributed by atoms with Gasteiger partial charge < -0.3 is 5.73 Å². The van der Waals surface area contributed by atoms with Crippen LogP contribution in [-0.4, -0.2) is 24.9 Å². The second kappa shape index (κ2) is 4.10. The Balaban J connectivity index is 2.39. The first-order valence-electron chi connectivity index (χ1n) is 4.83. The zero-order chi connectivity index (χ0) is 12.5. The third-order valence-electron chi connectivity index (χ3n) is 2.15. The minimum Gasteiger partial charge on any atom is -0.384 e. The fraction of sp³-hybridized carbons (Fsp3) is 0.100. The Labute approximate surface area is 98.9 Å². The van der Waals surface area contributed by atoms with Gasteiger partial charge >= 0.3 is 0 Å². The minimum absolute atomic E-state index is 0.446. The van der Waals surface area contributed by atoms with Gasteiger partial charge in [0.05, 0.1) is 12.5 Å². The molecule has 0 saturated carbocycles. The monoisotopic (exact) mass is 252 g/mol. The van der Waals surface area contributed by atoms with Gasteiger partial charge in [0.2, 0.25) is 10.0 Å². The molecule has 17 heavy (non-hydrogen) atoms. The normalized spacial score (nSPS) is 11.4. The van der Waals surface area contributed by atoms with Crippen molar-refractivity contribution in [2.75, 3.05) is 16.7 Å². The summed E-state index contributed by atoms with van der Waals surface area (Å²) in [5.74, 6) is 0.446. The van der Waals surface area contributed by atoms with E-state index in [2.05, 4.69) is 14.9 Å². The summed E-state index contributed by atoms with van der Waals surface area (Å²) in [7, 11) is -3.28. The maximum atomic E-state index is 11.1. The highest BCUT2D eigenvalue weighted by atomic mass is 32.2. The van der Waals surface area contributed by atoms with Crippen molar-refractivity contribution in [1.82, 2.24) is 10.2 Å². The molecule has 1 aromatic heterocycles. The number of benzene rings is 1. The molecule has 0 aliphatic heterocycles. The van der Waals surface area contributed by atoms with Crippen molar-refractivity contribution in [3.8, 4) is 11.1 Å². The van der Waals surface area contributed by atoms with Crippen LogP contribution in [0.1, 0.15) is 0 Å². The summed E-state index contributed by atoms with van der Waals surface area (Å²) < 4.78 is 24.6. The Morgan fingerprint density at radius 2 is 2.18 bits per heavy atom. The van der Waals surface area contributed by atoms with Crippen molar-refractivity contribution in [2.24, 2.45) is 0 Å². The number of aromatic amines is 1. The maximum absolute atomic E-state index is 11.1. The van der Waals surface area contributed by atoms with Crippen LogP contribution in [0, 0.1) is 0 Å². The summed E-state index contributed by atoms with van der Waals surface area (Å²) in [5.41, 5.74) is 7.72. The van der Waals surface area contributed by atoms with E-state index in [0.29, 0.717) is 11.5 Å². The molecule has 0 amide bonds. The summed E-state index contributed by atoms with van der Waals surface area (Å²) >= 11 is 0. The van der Waals surface area contributed by atoms with Crippen molar-refractivity contribution in [2.45, 2.75) is 0 Å². The van der Waals surface area contributed by atoms with Gasteiger partial charge in [0.15, 0.2) is 0 Å². The zero-order valence-corrected chi connectivity index (χ0v) is 9.95. The Kier molecular flexibility index (Phi) is 2.76. The van der Waals surface area contributed by atoms with Crippen molar-refractivity contribution < 1.29 is 8.42 Å². The number of hydrogen-bond donors (Lipinski definition) is 3. The molecule has 0 fully saturated rings. The van der Waals surface area contributed by atoms with E-state index >= 15 is 0 Å². The lowest BCUT2D eigenvalue weighted by molar-refractivity contribution is 0.607. The standard InChI is InChI=1S/C10H12N4O2S/c1-17(15,16)14-8-4-2-3-7(5-8)9-6-12-13-10(9)11/h2-6,14H,1H3,(H3,11,12,13). The second-order valence-electron chi connectivity index (χ2n) is 3.65. The van der Waals surface area contributed by atoms with Crippen LogP contribution in [0.3, 0.4) is 0 Å². The summed E-state index contributed by atoms with van der Waals surface area (Å²) in [6.45, 7) is 0. The molecule has 0 saturated heterocycles. The van der Waals surface area contributed by atoms with Crippen LogP contribution in [0.4, 0.5) is 11.5 Å². The number of rotatable bonds is 3. The van der Waals surface area contributed by atoms with Crippen molar-refractivity contribution in [1.29, 1.82) is 0 Å². The van der Waals surface area contributed by atoms with Gasteiger partial charge in [-0.05, 0) is 17.7 Å². The second-order valence-corrected chi connectivity index (χ2v) is 5.40. The number of aromatic nitrogens is 2. The van der Waals surface area contributed by atoms with E-state index in [-0.39, 0.29) is 0 Å². The first-order valence-corrected chi connectivity index (χ1v) is 6.72. The highest BCUT2D eigenvalue weighted by molar-refractivity contribution is 7.92. The topological polar surface area (TPSA) is 101 Å². The third-order valence-corrected chi connectivity index (χ3v) is 2.75. The van der Waals surface area contributed by atoms with E-state index in [4.69, 9.17) is 5.73 Å². The Hall–Kier alpha value is -2.02. The van der Waals surface area contributed by atoms with Gasteiger partial charge in [0.25, 0.3) is 0 Å². The predicted molar refractivity (Wildman–Crippen MR) is 66.9 cm³/mol. The molecule has 0 spiro atoms. The van der Waals surface area contributed by atoms with Crippen LogP contribution < -0.4 is 10.5 Å². The number of sulfonamides is 1. The predicted octanol–water partition coefficient (Wildman–Crippen LogP) is 1.03. The molecule has 7 heteroatoms. The SMILES string of the molecule is CS(=O)(=O)Nc1cccc(-c2cn[nH]c2N)c1. The molecular formula is C10H12N4O2S. The molecule has 90 valence electrons. The average Bonchev–Trinajstić information content (AvgIpc) is 2.62. The largest absolute Gasteiger partial charge is 0.384 e. The van der Waals surface area contributed by atoms with Crippen molar-refractivity contribution in [3.05, 3.63) is 30.5 Å². The third kappa shape index (κ3) is 2.76. The van der Waals surface area contributed by atoms with E-state index in [0.717, 1.165) is 17.4 Å². The molecule has 0 radical (unpaired) electrons. The van der Waals surface area contributed by atoms with Crippen LogP contribution in [0.5, 0.6) is 0 Å². The number of hydrogen-bond acceptors (Lipinski definition) is 4.